The number of H-pyrrole nitrogens is 1. The summed E-state index contributed by atoms with van der Waals surface area (Å²) in [4.78, 5) is 65.8. The van der Waals surface area contributed by atoms with Crippen molar-refractivity contribution >= 4 is 42.2 Å². The van der Waals surface area contributed by atoms with E-state index in [0.717, 1.165) is 0 Å². The minimum absolute atomic E-state index is 0.0324. The molecular formula is C16H25N7O6S. The van der Waals surface area contributed by atoms with Gasteiger partial charge in [0.2, 0.25) is 23.6 Å². The minimum Gasteiger partial charge on any atom is -0.480 e. The molecule has 0 bridgehead atoms. The summed E-state index contributed by atoms with van der Waals surface area (Å²) >= 11 is 4.00. The molecule has 30 heavy (non-hydrogen) atoms. The molecule has 0 radical (unpaired) electrons. The van der Waals surface area contributed by atoms with E-state index in [0.29, 0.717) is 5.69 Å². The quantitative estimate of drug-likeness (QED) is 0.152. The number of nitrogens with zero attached hydrogens (tertiary/aromatic N) is 1. The van der Waals surface area contributed by atoms with Crippen molar-refractivity contribution in [2.45, 2.75) is 43.9 Å². The van der Waals surface area contributed by atoms with E-state index in [-0.39, 0.29) is 12.2 Å². The van der Waals surface area contributed by atoms with Crippen molar-refractivity contribution in [3.63, 3.8) is 0 Å². The summed E-state index contributed by atoms with van der Waals surface area (Å²) in [6.07, 6.45) is 2.26. The Hall–Kier alpha value is -3.13. The van der Waals surface area contributed by atoms with Crippen LogP contribution in [0.5, 0.6) is 0 Å². The summed E-state index contributed by atoms with van der Waals surface area (Å²) in [5, 5.41) is 16.1. The number of nitrogens with one attached hydrogen (secondary N) is 4. The Morgan fingerprint density at radius 3 is 2.13 bits per heavy atom. The van der Waals surface area contributed by atoms with Crippen LogP contribution in [-0.2, 0) is 30.4 Å². The number of rotatable bonds is 12. The molecule has 0 aliphatic rings. The third-order valence-corrected chi connectivity index (χ3v) is 4.23. The van der Waals surface area contributed by atoms with Gasteiger partial charge in [0.15, 0.2) is 0 Å². The van der Waals surface area contributed by atoms with Gasteiger partial charge in [-0.3, -0.25) is 19.2 Å². The lowest BCUT2D eigenvalue weighted by atomic mass is 10.1. The van der Waals surface area contributed by atoms with Crippen LogP contribution in [0.3, 0.4) is 0 Å². The molecule has 0 spiro atoms. The van der Waals surface area contributed by atoms with Gasteiger partial charge in [-0.1, -0.05) is 0 Å². The predicted octanol–water partition coefficient (Wildman–Crippen LogP) is -3.36. The van der Waals surface area contributed by atoms with Gasteiger partial charge in [0.1, 0.15) is 18.1 Å². The Bertz CT molecular complexity index is 770. The number of thiol groups is 1. The molecule has 0 fully saturated rings. The molecule has 4 amide bonds. The summed E-state index contributed by atoms with van der Waals surface area (Å²) in [7, 11) is 0. The molecule has 9 N–H and O–H groups in total. The van der Waals surface area contributed by atoms with Crippen LogP contribution in [0.1, 0.15) is 19.0 Å². The molecule has 4 unspecified atom stereocenters. The van der Waals surface area contributed by atoms with E-state index < -0.39 is 60.2 Å². The van der Waals surface area contributed by atoms with Gasteiger partial charge in [-0.15, -0.1) is 0 Å². The van der Waals surface area contributed by atoms with Gasteiger partial charge in [-0.2, -0.15) is 12.6 Å². The maximum atomic E-state index is 12.7. The molecule has 0 aliphatic carbocycles. The van der Waals surface area contributed by atoms with Crippen LogP contribution >= 0.6 is 12.6 Å². The fourth-order valence-electron chi connectivity index (χ4n) is 2.27. The zero-order chi connectivity index (χ0) is 22.8. The average molecular weight is 443 g/mol. The number of imidazole rings is 1. The number of carboxylic acids is 1. The molecule has 1 heterocycles. The Kier molecular flexibility index (Phi) is 9.77. The highest BCUT2D eigenvalue weighted by atomic mass is 32.1. The summed E-state index contributed by atoms with van der Waals surface area (Å²) in [6.45, 7) is 1.44. The van der Waals surface area contributed by atoms with Crippen molar-refractivity contribution in [3.05, 3.63) is 18.2 Å². The molecule has 1 aromatic heterocycles. The maximum absolute atomic E-state index is 12.7. The van der Waals surface area contributed by atoms with Crippen LogP contribution in [-0.4, -0.2) is 74.6 Å². The Balaban J connectivity index is 2.88. The van der Waals surface area contributed by atoms with Crippen molar-refractivity contribution < 1.29 is 29.1 Å². The van der Waals surface area contributed by atoms with Gasteiger partial charge in [0.25, 0.3) is 0 Å². The fourth-order valence-corrected chi connectivity index (χ4v) is 2.53. The zero-order valence-corrected chi connectivity index (χ0v) is 17.0. The van der Waals surface area contributed by atoms with Gasteiger partial charge >= 0.3 is 5.97 Å². The first-order valence-corrected chi connectivity index (χ1v) is 9.44. The number of nitrogens with two attached hydrogens (primary N) is 2. The largest absolute Gasteiger partial charge is 0.480 e. The van der Waals surface area contributed by atoms with Crippen LogP contribution in [0.25, 0.3) is 0 Å². The molecular weight excluding hydrogens is 418 g/mol. The maximum Gasteiger partial charge on any atom is 0.326 e. The van der Waals surface area contributed by atoms with Gasteiger partial charge in [0, 0.05) is 24.1 Å². The van der Waals surface area contributed by atoms with E-state index in [9.17, 15) is 24.0 Å². The van der Waals surface area contributed by atoms with Crippen LogP contribution in [0, 0.1) is 0 Å². The normalized spacial score (nSPS) is 14.6. The highest BCUT2D eigenvalue weighted by Gasteiger charge is 2.30. The molecule has 166 valence electrons. The van der Waals surface area contributed by atoms with Crippen molar-refractivity contribution in [2.75, 3.05) is 5.75 Å². The molecule has 14 heteroatoms. The second-order valence-corrected chi connectivity index (χ2v) is 6.81. The number of hydrogen-bond acceptors (Lipinski definition) is 8. The third kappa shape index (κ3) is 8.08. The summed E-state index contributed by atoms with van der Waals surface area (Å²) in [5.74, 6) is -4.77. The molecule has 1 aromatic rings. The van der Waals surface area contributed by atoms with Crippen LogP contribution in [0.2, 0.25) is 0 Å². The standard InChI is InChI=1S/C16H25N7O6S/c1-7(17)13(25)21-9(2-8-4-19-6-20-8)14(26)23-11(5-30)15(27)22-10(16(28)29)3-12(18)24/h4,6-7,9-11,30H,2-3,5,17H2,1H3,(H2,18,24)(H,19,20)(H,21,25)(H,22,27)(H,23,26)(H,28,29). The second kappa shape index (κ2) is 11.8. The van der Waals surface area contributed by atoms with Crippen molar-refractivity contribution in [1.82, 2.24) is 25.9 Å². The highest BCUT2D eigenvalue weighted by molar-refractivity contribution is 7.80. The minimum atomic E-state index is -1.56. The topological polar surface area (TPSA) is 222 Å². The third-order valence-electron chi connectivity index (χ3n) is 3.86. The molecule has 0 aromatic carbocycles. The number of primary amides is 1. The molecule has 0 saturated carbocycles. The van der Waals surface area contributed by atoms with E-state index in [1.54, 1.807) is 0 Å². The Morgan fingerprint density at radius 1 is 1.10 bits per heavy atom. The lowest BCUT2D eigenvalue weighted by Gasteiger charge is -2.23. The molecule has 4 atom stereocenters. The number of carboxylic acid groups (broad SMARTS) is 1. The van der Waals surface area contributed by atoms with Crippen LogP contribution in [0.15, 0.2) is 12.5 Å². The second-order valence-electron chi connectivity index (χ2n) is 6.44. The molecule has 0 saturated heterocycles. The number of aliphatic carboxylic acids is 1. The number of amides is 4. The SMILES string of the molecule is CC(N)C(=O)NC(Cc1cnc[nH]1)C(=O)NC(CS)C(=O)NC(CC(N)=O)C(=O)O. The molecule has 0 aliphatic heterocycles. The number of carbonyl (C=O) groups excluding carboxylic acids is 4. The van der Waals surface area contributed by atoms with Crippen molar-refractivity contribution in [1.29, 1.82) is 0 Å². The van der Waals surface area contributed by atoms with Gasteiger partial charge in [-0.25, -0.2) is 9.78 Å². The van der Waals surface area contributed by atoms with E-state index in [2.05, 4.69) is 38.5 Å². The van der Waals surface area contributed by atoms with E-state index in [4.69, 9.17) is 16.6 Å². The Morgan fingerprint density at radius 2 is 1.67 bits per heavy atom. The smallest absolute Gasteiger partial charge is 0.326 e. The monoisotopic (exact) mass is 443 g/mol. The number of carbonyl (C=O) groups is 5. The lowest BCUT2D eigenvalue weighted by molar-refractivity contribution is -0.143. The lowest BCUT2D eigenvalue weighted by Crippen LogP contribution is -2.58. The van der Waals surface area contributed by atoms with E-state index in [1.165, 1.54) is 19.4 Å². The average Bonchev–Trinajstić information content (AvgIpc) is 3.17. The number of aromatic nitrogens is 2. The van der Waals surface area contributed by atoms with Crippen LogP contribution in [0.4, 0.5) is 0 Å². The van der Waals surface area contributed by atoms with Crippen LogP contribution < -0.4 is 27.4 Å². The zero-order valence-electron chi connectivity index (χ0n) is 16.1. The fraction of sp³-hybridized carbons (Fsp3) is 0.500. The highest BCUT2D eigenvalue weighted by Crippen LogP contribution is 2.02. The first-order valence-electron chi connectivity index (χ1n) is 8.81. The first-order chi connectivity index (χ1) is 14.0. The number of aromatic amines is 1. The first kappa shape index (κ1) is 24.9. The van der Waals surface area contributed by atoms with Crippen molar-refractivity contribution in [3.8, 4) is 0 Å². The number of hydrogen-bond donors (Lipinski definition) is 8. The van der Waals surface area contributed by atoms with Crippen molar-refractivity contribution in [2.24, 2.45) is 11.5 Å². The molecule has 1 rings (SSSR count). The van der Waals surface area contributed by atoms with E-state index >= 15 is 0 Å². The summed E-state index contributed by atoms with van der Waals surface area (Å²) in [6, 6.07) is -4.78. The summed E-state index contributed by atoms with van der Waals surface area (Å²) < 4.78 is 0. The van der Waals surface area contributed by atoms with Gasteiger partial charge in [-0.05, 0) is 6.92 Å². The Labute approximate surface area is 177 Å². The molecule has 13 nitrogen and oxygen atoms in total. The predicted molar refractivity (Wildman–Crippen MR) is 107 cm³/mol. The van der Waals surface area contributed by atoms with Gasteiger partial charge < -0.3 is 37.5 Å². The van der Waals surface area contributed by atoms with E-state index in [1.807, 2.05) is 0 Å². The summed E-state index contributed by atoms with van der Waals surface area (Å²) in [5.41, 5.74) is 11.0. The van der Waals surface area contributed by atoms with Gasteiger partial charge in [0.05, 0.1) is 18.8 Å².